The summed E-state index contributed by atoms with van der Waals surface area (Å²) >= 11 is 0. The highest BCUT2D eigenvalue weighted by atomic mass is 16.1. The van der Waals surface area contributed by atoms with Crippen LogP contribution in [0.3, 0.4) is 0 Å². The third-order valence-electron chi connectivity index (χ3n) is 4.46. The number of unbranched alkanes of at least 4 members (excludes halogenated alkanes) is 10. The molecule has 1 unspecified atom stereocenters. The van der Waals surface area contributed by atoms with Gasteiger partial charge in [0.05, 0.1) is 6.04 Å². The van der Waals surface area contributed by atoms with E-state index in [-0.39, 0.29) is 6.04 Å². The summed E-state index contributed by atoms with van der Waals surface area (Å²) in [5.41, 5.74) is 0. The predicted molar refractivity (Wildman–Crippen MR) is 98.5 cm³/mol. The molecule has 0 heterocycles. The van der Waals surface area contributed by atoms with Crippen molar-refractivity contribution in [2.24, 2.45) is 0 Å². The van der Waals surface area contributed by atoms with E-state index in [1.165, 1.54) is 64.2 Å². The Hall–Kier alpha value is -0.370. The molecule has 0 aromatic rings. The molecule has 0 aromatic heterocycles. The molecule has 0 fully saturated rings. The van der Waals surface area contributed by atoms with Crippen LogP contribution >= 0.6 is 0 Å². The van der Waals surface area contributed by atoms with E-state index >= 15 is 0 Å². The van der Waals surface area contributed by atoms with Crippen LogP contribution < -0.4 is 5.32 Å². The summed E-state index contributed by atoms with van der Waals surface area (Å²) < 4.78 is 0. The van der Waals surface area contributed by atoms with E-state index in [9.17, 15) is 4.79 Å². The highest BCUT2D eigenvalue weighted by Crippen LogP contribution is 2.12. The van der Waals surface area contributed by atoms with Crippen LogP contribution in [0.1, 0.15) is 111 Å². The number of hydrogen-bond acceptors (Lipinski definition) is 2. The molecule has 0 saturated carbocycles. The molecule has 132 valence electrons. The Morgan fingerprint density at radius 1 is 0.727 bits per heavy atom. The Morgan fingerprint density at radius 3 is 1.68 bits per heavy atom. The summed E-state index contributed by atoms with van der Waals surface area (Å²) in [5.74, 6) is 0.423. The maximum absolute atomic E-state index is 12.1. The fourth-order valence-corrected chi connectivity index (χ4v) is 2.94. The molecule has 0 rings (SSSR count). The van der Waals surface area contributed by atoms with Crippen LogP contribution in [0, 0.1) is 0 Å². The van der Waals surface area contributed by atoms with Crippen LogP contribution in [0.5, 0.6) is 0 Å². The van der Waals surface area contributed by atoms with Gasteiger partial charge < -0.3 is 5.32 Å². The Labute approximate surface area is 139 Å². The first-order valence-corrected chi connectivity index (χ1v) is 10.0. The zero-order valence-electron chi connectivity index (χ0n) is 15.6. The van der Waals surface area contributed by atoms with Crippen molar-refractivity contribution >= 4 is 5.78 Å². The van der Waals surface area contributed by atoms with E-state index in [0.717, 1.165) is 32.2 Å². The molecular weight excluding hydrogens is 270 g/mol. The number of Topliss-reactive ketones (excluding diaryl/α,β-unsaturated/α-hetero) is 1. The number of ketones is 1. The number of carbonyl (C=O) groups is 1. The lowest BCUT2D eigenvalue weighted by Gasteiger charge is -2.15. The van der Waals surface area contributed by atoms with E-state index in [1.807, 2.05) is 0 Å². The minimum absolute atomic E-state index is 0.100. The molecule has 0 amide bonds. The lowest BCUT2D eigenvalue weighted by Crippen LogP contribution is -2.36. The van der Waals surface area contributed by atoms with Gasteiger partial charge in [-0.3, -0.25) is 4.79 Å². The van der Waals surface area contributed by atoms with Crippen molar-refractivity contribution < 1.29 is 4.79 Å². The van der Waals surface area contributed by atoms with Gasteiger partial charge in [-0.05, 0) is 25.8 Å². The summed E-state index contributed by atoms with van der Waals surface area (Å²) in [5, 5.41) is 3.36. The molecule has 0 saturated heterocycles. The van der Waals surface area contributed by atoms with Crippen LogP contribution in [0.4, 0.5) is 0 Å². The summed E-state index contributed by atoms with van der Waals surface area (Å²) in [7, 11) is 0. The highest BCUT2D eigenvalue weighted by Gasteiger charge is 2.14. The molecule has 0 radical (unpaired) electrons. The van der Waals surface area contributed by atoms with Gasteiger partial charge in [-0.25, -0.2) is 0 Å². The maximum atomic E-state index is 12.1. The third-order valence-corrected chi connectivity index (χ3v) is 4.46. The standard InChI is InChI=1S/C20H41NO/c1-4-7-8-9-10-11-12-13-14-15-16-17-20(22)19(6-3)21-18-5-2/h19,21H,4-18H2,1-3H3. The van der Waals surface area contributed by atoms with Gasteiger partial charge in [-0.1, -0.05) is 85.0 Å². The van der Waals surface area contributed by atoms with Gasteiger partial charge in [0.25, 0.3) is 0 Å². The highest BCUT2D eigenvalue weighted by molar-refractivity contribution is 5.83. The average Bonchev–Trinajstić information content (AvgIpc) is 2.53. The smallest absolute Gasteiger partial charge is 0.149 e. The van der Waals surface area contributed by atoms with E-state index in [2.05, 4.69) is 26.1 Å². The lowest BCUT2D eigenvalue weighted by atomic mass is 10.0. The molecule has 2 nitrogen and oxygen atoms in total. The molecule has 0 spiro atoms. The van der Waals surface area contributed by atoms with Crippen LogP contribution in [-0.2, 0) is 4.79 Å². The third kappa shape index (κ3) is 13.3. The molecule has 0 aliphatic carbocycles. The van der Waals surface area contributed by atoms with E-state index < -0.39 is 0 Å². The predicted octanol–water partition coefficient (Wildman–Crippen LogP) is 6.03. The van der Waals surface area contributed by atoms with Crippen molar-refractivity contribution in [2.45, 2.75) is 117 Å². The number of carbonyl (C=O) groups excluding carboxylic acids is 1. The zero-order chi connectivity index (χ0) is 16.5. The van der Waals surface area contributed by atoms with Gasteiger partial charge >= 0.3 is 0 Å². The van der Waals surface area contributed by atoms with Crippen molar-refractivity contribution in [1.29, 1.82) is 0 Å². The first-order chi connectivity index (χ1) is 10.8. The fourth-order valence-electron chi connectivity index (χ4n) is 2.94. The van der Waals surface area contributed by atoms with E-state index in [1.54, 1.807) is 0 Å². The quantitative estimate of drug-likeness (QED) is 0.332. The molecule has 1 atom stereocenters. The van der Waals surface area contributed by atoms with E-state index in [0.29, 0.717) is 5.78 Å². The minimum atomic E-state index is 0.100. The molecule has 2 heteroatoms. The SMILES string of the molecule is CCCCCCCCCCCCCC(=O)C(CC)NCCC. The van der Waals surface area contributed by atoms with E-state index in [4.69, 9.17) is 0 Å². The Balaban J connectivity index is 3.35. The van der Waals surface area contributed by atoms with Gasteiger partial charge in [-0.15, -0.1) is 0 Å². The van der Waals surface area contributed by atoms with Crippen molar-refractivity contribution in [3.8, 4) is 0 Å². The van der Waals surface area contributed by atoms with Crippen LogP contribution in [0.25, 0.3) is 0 Å². The molecular formula is C20H41NO. The van der Waals surface area contributed by atoms with Gasteiger partial charge in [0.15, 0.2) is 0 Å². The Bertz CT molecular complexity index is 240. The zero-order valence-corrected chi connectivity index (χ0v) is 15.6. The molecule has 0 aliphatic rings. The maximum Gasteiger partial charge on any atom is 0.149 e. The first kappa shape index (κ1) is 21.6. The number of hydrogen-bond donors (Lipinski definition) is 1. The Kier molecular flexibility index (Phi) is 16.7. The first-order valence-electron chi connectivity index (χ1n) is 10.0. The monoisotopic (exact) mass is 311 g/mol. The summed E-state index contributed by atoms with van der Waals surface area (Å²) in [4.78, 5) is 12.1. The summed E-state index contributed by atoms with van der Waals surface area (Å²) in [6.07, 6.45) is 17.6. The van der Waals surface area contributed by atoms with Gasteiger partial charge in [0.2, 0.25) is 0 Å². The van der Waals surface area contributed by atoms with Crippen molar-refractivity contribution in [2.75, 3.05) is 6.54 Å². The average molecular weight is 312 g/mol. The topological polar surface area (TPSA) is 29.1 Å². The van der Waals surface area contributed by atoms with Crippen LogP contribution in [-0.4, -0.2) is 18.4 Å². The fraction of sp³-hybridized carbons (Fsp3) is 0.950. The van der Waals surface area contributed by atoms with Crippen LogP contribution in [0.2, 0.25) is 0 Å². The second-order valence-corrected chi connectivity index (χ2v) is 6.67. The van der Waals surface area contributed by atoms with Crippen LogP contribution in [0.15, 0.2) is 0 Å². The number of rotatable bonds is 17. The molecule has 0 aliphatic heterocycles. The molecule has 22 heavy (non-hydrogen) atoms. The van der Waals surface area contributed by atoms with Crippen molar-refractivity contribution in [3.63, 3.8) is 0 Å². The lowest BCUT2D eigenvalue weighted by molar-refractivity contribution is -0.121. The Morgan fingerprint density at radius 2 is 1.23 bits per heavy atom. The normalized spacial score (nSPS) is 12.5. The van der Waals surface area contributed by atoms with Gasteiger partial charge in [-0.2, -0.15) is 0 Å². The molecule has 0 aromatic carbocycles. The second kappa shape index (κ2) is 17.0. The van der Waals surface area contributed by atoms with Gasteiger partial charge in [0.1, 0.15) is 5.78 Å². The summed E-state index contributed by atoms with van der Waals surface area (Å²) in [6, 6.07) is 0.100. The van der Waals surface area contributed by atoms with Crippen molar-refractivity contribution in [1.82, 2.24) is 5.32 Å². The summed E-state index contributed by atoms with van der Waals surface area (Å²) in [6.45, 7) is 7.48. The second-order valence-electron chi connectivity index (χ2n) is 6.67. The molecule has 0 bridgehead atoms. The van der Waals surface area contributed by atoms with Crippen molar-refractivity contribution in [3.05, 3.63) is 0 Å². The number of nitrogens with one attached hydrogen (secondary N) is 1. The van der Waals surface area contributed by atoms with Gasteiger partial charge in [0, 0.05) is 6.42 Å². The minimum Gasteiger partial charge on any atom is -0.307 e. The molecule has 1 N–H and O–H groups in total. The largest absolute Gasteiger partial charge is 0.307 e.